The first kappa shape index (κ1) is 24.5. The van der Waals surface area contributed by atoms with Crippen LogP contribution < -0.4 is 0 Å². The largest absolute Gasteiger partial charge is 0.463 e. The van der Waals surface area contributed by atoms with Gasteiger partial charge in [-0.2, -0.15) is 0 Å². The van der Waals surface area contributed by atoms with E-state index in [2.05, 4.69) is 24.0 Å². The van der Waals surface area contributed by atoms with Gasteiger partial charge in [0.05, 0.1) is 30.3 Å². The standard InChI is InChI=1S/C25H31FN4O3S/c1-5-33-24(32)22-16(2)27-25-30(23(22)19-8-6-7-9-20(19)26)18(15-34-25)14-21(31)29-12-10-17(11-13-29)28(3)4/h6-9,15,17,23H,5,10-14H2,1-4H3/t23-/m0/s1. The second-order valence-corrected chi connectivity index (χ2v) is 9.72. The van der Waals surface area contributed by atoms with E-state index >= 15 is 4.39 Å². The fourth-order valence-electron chi connectivity index (χ4n) is 4.73. The molecule has 0 aliphatic carbocycles. The molecule has 1 aromatic carbocycles. The zero-order chi connectivity index (χ0) is 24.4. The summed E-state index contributed by atoms with van der Waals surface area (Å²) in [4.78, 5) is 36.7. The number of likely N-dealkylation sites (tertiary alicyclic amines) is 1. The molecule has 0 saturated carbocycles. The minimum absolute atomic E-state index is 0.0292. The molecule has 34 heavy (non-hydrogen) atoms. The average Bonchev–Trinajstić information content (AvgIpc) is 3.20. The summed E-state index contributed by atoms with van der Waals surface area (Å²) in [6, 6.07) is 6.15. The van der Waals surface area contributed by atoms with E-state index in [0.29, 0.717) is 46.8 Å². The molecule has 9 heteroatoms. The van der Waals surface area contributed by atoms with E-state index in [0.717, 1.165) is 12.8 Å². The van der Waals surface area contributed by atoms with Crippen LogP contribution in [0.2, 0.25) is 0 Å². The Morgan fingerprint density at radius 1 is 1.24 bits per heavy atom. The summed E-state index contributed by atoms with van der Waals surface area (Å²) in [6.07, 6.45) is 2.05. The Morgan fingerprint density at radius 3 is 2.59 bits per heavy atom. The van der Waals surface area contributed by atoms with Crippen molar-refractivity contribution in [2.45, 2.75) is 45.2 Å². The van der Waals surface area contributed by atoms with Crippen molar-refractivity contribution in [1.29, 1.82) is 0 Å². The molecule has 1 saturated heterocycles. The van der Waals surface area contributed by atoms with Gasteiger partial charge in [-0.05, 0) is 52.3 Å². The van der Waals surface area contributed by atoms with Gasteiger partial charge in [0, 0.05) is 30.4 Å². The fraction of sp³-hybridized carbons (Fsp3) is 0.480. The lowest BCUT2D eigenvalue weighted by atomic mass is 9.93. The van der Waals surface area contributed by atoms with Gasteiger partial charge in [0.25, 0.3) is 0 Å². The van der Waals surface area contributed by atoms with Gasteiger partial charge in [-0.3, -0.25) is 4.79 Å². The van der Waals surface area contributed by atoms with Gasteiger partial charge in [-0.1, -0.05) is 30.0 Å². The molecule has 3 aliphatic rings. The van der Waals surface area contributed by atoms with Crippen LogP contribution in [-0.4, -0.2) is 71.6 Å². The molecule has 3 aliphatic heterocycles. The number of thioether (sulfide) groups is 1. The van der Waals surface area contributed by atoms with Gasteiger partial charge in [0.15, 0.2) is 5.17 Å². The van der Waals surface area contributed by atoms with E-state index in [9.17, 15) is 9.59 Å². The van der Waals surface area contributed by atoms with E-state index in [1.807, 2.05) is 15.2 Å². The van der Waals surface area contributed by atoms with Crippen molar-refractivity contribution in [3.05, 3.63) is 58.0 Å². The molecule has 0 spiro atoms. The summed E-state index contributed by atoms with van der Waals surface area (Å²) in [5.74, 6) is -0.914. The Morgan fingerprint density at radius 2 is 1.94 bits per heavy atom. The zero-order valence-electron chi connectivity index (χ0n) is 20.1. The average molecular weight is 487 g/mol. The molecule has 0 N–H and O–H groups in total. The molecule has 1 atom stereocenters. The van der Waals surface area contributed by atoms with Crippen molar-refractivity contribution in [1.82, 2.24) is 14.7 Å². The topological polar surface area (TPSA) is 65.5 Å². The first-order valence-corrected chi connectivity index (χ1v) is 12.5. The first-order chi connectivity index (χ1) is 16.3. The number of hydrogen-bond acceptors (Lipinski definition) is 7. The highest BCUT2D eigenvalue weighted by Crippen LogP contribution is 2.45. The Bertz CT molecular complexity index is 1060. The summed E-state index contributed by atoms with van der Waals surface area (Å²) in [5, 5.41) is 2.52. The summed E-state index contributed by atoms with van der Waals surface area (Å²) < 4.78 is 20.3. The number of halogens is 1. The maximum atomic E-state index is 15.0. The van der Waals surface area contributed by atoms with Crippen molar-refractivity contribution in [2.75, 3.05) is 33.8 Å². The molecule has 182 valence electrons. The number of fused-ring (bicyclic) bond motifs is 1. The monoisotopic (exact) mass is 486 g/mol. The normalized spacial score (nSPS) is 20.9. The smallest absolute Gasteiger partial charge is 0.338 e. The third-order valence-corrected chi connectivity index (χ3v) is 7.46. The minimum Gasteiger partial charge on any atom is -0.463 e. The maximum Gasteiger partial charge on any atom is 0.338 e. The molecule has 3 heterocycles. The highest BCUT2D eigenvalue weighted by molar-refractivity contribution is 8.16. The lowest BCUT2D eigenvalue weighted by molar-refractivity contribution is -0.139. The highest BCUT2D eigenvalue weighted by atomic mass is 32.2. The number of allylic oxidation sites excluding steroid dienone is 1. The van der Waals surface area contributed by atoms with Crippen LogP contribution in [0.15, 0.2) is 51.6 Å². The van der Waals surface area contributed by atoms with Gasteiger partial charge in [-0.15, -0.1) is 0 Å². The van der Waals surface area contributed by atoms with Crippen LogP contribution >= 0.6 is 11.8 Å². The number of benzene rings is 1. The number of carbonyl (C=O) groups is 2. The number of rotatable bonds is 6. The van der Waals surface area contributed by atoms with E-state index in [1.54, 1.807) is 32.0 Å². The lowest BCUT2D eigenvalue weighted by Gasteiger charge is -2.38. The molecule has 1 aromatic rings. The minimum atomic E-state index is -0.749. The van der Waals surface area contributed by atoms with E-state index < -0.39 is 17.8 Å². The molecule has 7 nitrogen and oxygen atoms in total. The molecule has 1 fully saturated rings. The van der Waals surface area contributed by atoms with Crippen molar-refractivity contribution >= 4 is 28.8 Å². The quantitative estimate of drug-likeness (QED) is 0.568. The Balaban J connectivity index is 1.62. The molecule has 1 amide bonds. The summed E-state index contributed by atoms with van der Waals surface area (Å²) in [6.45, 7) is 5.11. The third-order valence-electron chi connectivity index (χ3n) is 6.58. The van der Waals surface area contributed by atoms with E-state index in [1.165, 1.54) is 17.8 Å². The summed E-state index contributed by atoms with van der Waals surface area (Å²) in [5.41, 5.74) is 1.86. The van der Waals surface area contributed by atoms with Crippen molar-refractivity contribution < 1.29 is 18.7 Å². The van der Waals surface area contributed by atoms with Crippen LogP contribution in [0, 0.1) is 5.82 Å². The van der Waals surface area contributed by atoms with Gasteiger partial charge in [0.1, 0.15) is 5.82 Å². The summed E-state index contributed by atoms with van der Waals surface area (Å²) in [7, 11) is 4.14. The van der Waals surface area contributed by atoms with Crippen molar-refractivity contribution in [3.8, 4) is 0 Å². The van der Waals surface area contributed by atoms with Gasteiger partial charge < -0.3 is 19.4 Å². The number of carbonyl (C=O) groups excluding carboxylic acids is 2. The number of esters is 1. The predicted octanol–water partition coefficient (Wildman–Crippen LogP) is 3.91. The first-order valence-electron chi connectivity index (χ1n) is 11.6. The molecule has 0 unspecified atom stereocenters. The van der Waals surface area contributed by atoms with E-state index in [4.69, 9.17) is 4.74 Å². The van der Waals surface area contributed by atoms with Crippen LogP contribution in [0.3, 0.4) is 0 Å². The number of ether oxygens (including phenoxy) is 1. The van der Waals surface area contributed by atoms with Gasteiger partial charge >= 0.3 is 5.97 Å². The van der Waals surface area contributed by atoms with Crippen LogP contribution in [0.4, 0.5) is 4.39 Å². The molecule has 0 radical (unpaired) electrons. The zero-order valence-corrected chi connectivity index (χ0v) is 20.9. The van der Waals surface area contributed by atoms with E-state index in [-0.39, 0.29) is 18.9 Å². The Hall–Kier alpha value is -2.65. The second-order valence-electron chi connectivity index (χ2n) is 8.89. The van der Waals surface area contributed by atoms with Crippen molar-refractivity contribution in [2.24, 2.45) is 4.99 Å². The third kappa shape index (κ3) is 4.77. The van der Waals surface area contributed by atoms with Crippen LogP contribution in [0.5, 0.6) is 0 Å². The predicted molar refractivity (Wildman–Crippen MR) is 131 cm³/mol. The van der Waals surface area contributed by atoms with Crippen molar-refractivity contribution in [3.63, 3.8) is 0 Å². The van der Waals surface area contributed by atoms with Crippen LogP contribution in [-0.2, 0) is 14.3 Å². The van der Waals surface area contributed by atoms with Crippen LogP contribution in [0.25, 0.3) is 0 Å². The Kier molecular flexibility index (Phi) is 7.42. The second kappa shape index (κ2) is 10.3. The number of amides is 1. The number of hydrogen-bond donors (Lipinski definition) is 0. The molecule has 0 bridgehead atoms. The van der Waals surface area contributed by atoms with Gasteiger partial charge in [-0.25, -0.2) is 14.2 Å². The number of piperidine rings is 1. The lowest BCUT2D eigenvalue weighted by Crippen LogP contribution is -2.45. The molecular formula is C25H31FN4O3S. The number of amidine groups is 1. The Labute approximate surface area is 204 Å². The molecular weight excluding hydrogens is 455 g/mol. The fourth-order valence-corrected chi connectivity index (χ4v) is 5.69. The number of nitrogens with zero attached hydrogens (tertiary/aromatic N) is 4. The van der Waals surface area contributed by atoms with Crippen LogP contribution in [0.1, 0.15) is 44.7 Å². The summed E-state index contributed by atoms with van der Waals surface area (Å²) >= 11 is 1.39. The highest BCUT2D eigenvalue weighted by Gasteiger charge is 2.42. The maximum absolute atomic E-state index is 15.0. The number of aliphatic imine (C=N–C) groups is 1. The SMILES string of the molecule is CCOC(=O)C1=C(C)N=C2SC=C(CC(=O)N3CCC(N(C)C)CC3)N2[C@H]1c1ccccc1F. The molecule has 4 rings (SSSR count). The molecule has 0 aromatic heterocycles. The van der Waals surface area contributed by atoms with Gasteiger partial charge in [0.2, 0.25) is 5.91 Å².